The molecular weight excluding hydrogens is 483 g/mol. The van der Waals surface area contributed by atoms with Crippen LogP contribution in [0, 0.1) is 13.8 Å². The molecule has 1 amide bonds. The summed E-state index contributed by atoms with van der Waals surface area (Å²) in [7, 11) is -3.74. The van der Waals surface area contributed by atoms with E-state index in [1.165, 1.54) is 12.1 Å². The summed E-state index contributed by atoms with van der Waals surface area (Å²) in [5.41, 5.74) is 3.08. The molecule has 3 aromatic rings. The Kier molecular flexibility index (Phi) is 8.24. The number of halogens is 2. The number of hydrogen-bond acceptors (Lipinski definition) is 4. The number of nitrogens with one attached hydrogen (secondary N) is 2. The van der Waals surface area contributed by atoms with E-state index >= 15 is 0 Å². The van der Waals surface area contributed by atoms with E-state index in [1.54, 1.807) is 42.5 Å². The molecule has 0 radical (unpaired) electrons. The second-order valence-electron chi connectivity index (χ2n) is 7.50. The van der Waals surface area contributed by atoms with Crippen molar-refractivity contribution in [2.45, 2.75) is 31.6 Å². The van der Waals surface area contributed by atoms with Gasteiger partial charge in [-0.25, -0.2) is 8.42 Å². The maximum atomic E-state index is 12.6. The number of anilines is 2. The van der Waals surface area contributed by atoms with E-state index in [0.717, 1.165) is 11.1 Å². The summed E-state index contributed by atoms with van der Waals surface area (Å²) >= 11 is 11.9. The molecule has 0 spiro atoms. The van der Waals surface area contributed by atoms with Crippen molar-refractivity contribution in [1.29, 1.82) is 0 Å². The monoisotopic (exact) mass is 506 g/mol. The van der Waals surface area contributed by atoms with Gasteiger partial charge < -0.3 is 10.1 Å². The fourth-order valence-corrected chi connectivity index (χ4v) is 4.48. The molecule has 0 fully saturated rings. The molecule has 0 aromatic heterocycles. The maximum Gasteiger partial charge on any atom is 0.261 e. The topological polar surface area (TPSA) is 84.5 Å². The van der Waals surface area contributed by atoms with Crippen molar-refractivity contribution in [3.63, 3.8) is 0 Å². The van der Waals surface area contributed by atoms with Gasteiger partial charge in [-0.3, -0.25) is 9.52 Å². The molecular formula is C24H24Cl2N2O4S. The van der Waals surface area contributed by atoms with Crippen LogP contribution in [0.1, 0.15) is 24.0 Å². The molecule has 2 N–H and O–H groups in total. The molecule has 6 nitrogen and oxygen atoms in total. The molecule has 0 bridgehead atoms. The molecule has 0 saturated heterocycles. The first-order chi connectivity index (χ1) is 15.6. The highest BCUT2D eigenvalue weighted by molar-refractivity contribution is 7.92. The van der Waals surface area contributed by atoms with E-state index in [0.29, 0.717) is 40.2 Å². The summed E-state index contributed by atoms with van der Waals surface area (Å²) in [5, 5.41) is 3.68. The summed E-state index contributed by atoms with van der Waals surface area (Å²) in [6.07, 6.45) is 0.719. The summed E-state index contributed by atoms with van der Waals surface area (Å²) in [6, 6.07) is 16.3. The number of ether oxygens (including phenoxy) is 1. The molecule has 0 saturated carbocycles. The average molecular weight is 507 g/mol. The van der Waals surface area contributed by atoms with Crippen LogP contribution < -0.4 is 14.8 Å². The van der Waals surface area contributed by atoms with Crippen LogP contribution in [0.25, 0.3) is 0 Å². The third-order valence-electron chi connectivity index (χ3n) is 4.91. The number of carbonyl (C=O) groups is 1. The smallest absolute Gasteiger partial charge is 0.261 e. The minimum absolute atomic E-state index is 0.104. The fourth-order valence-electron chi connectivity index (χ4n) is 2.97. The van der Waals surface area contributed by atoms with Gasteiger partial charge in [-0.15, -0.1) is 0 Å². The SMILES string of the molecule is Cc1ccc(NS(=O)(=O)c2ccc(NC(=O)CCCOc3ccc(Cl)cc3Cl)cc2)cc1C. The molecule has 3 rings (SSSR count). The molecule has 0 aliphatic heterocycles. The zero-order chi connectivity index (χ0) is 24.0. The highest BCUT2D eigenvalue weighted by Gasteiger charge is 2.15. The van der Waals surface area contributed by atoms with E-state index in [1.807, 2.05) is 19.9 Å². The van der Waals surface area contributed by atoms with E-state index in [9.17, 15) is 13.2 Å². The van der Waals surface area contributed by atoms with E-state index < -0.39 is 10.0 Å². The maximum absolute atomic E-state index is 12.6. The molecule has 33 heavy (non-hydrogen) atoms. The Morgan fingerprint density at radius 3 is 2.27 bits per heavy atom. The predicted molar refractivity (Wildman–Crippen MR) is 133 cm³/mol. The Labute approximate surface area is 203 Å². The molecule has 0 heterocycles. The highest BCUT2D eigenvalue weighted by atomic mass is 35.5. The van der Waals surface area contributed by atoms with Gasteiger partial charge in [-0.1, -0.05) is 29.3 Å². The molecule has 0 atom stereocenters. The van der Waals surface area contributed by atoms with E-state index in [4.69, 9.17) is 27.9 Å². The Morgan fingerprint density at radius 1 is 0.909 bits per heavy atom. The van der Waals surface area contributed by atoms with Crippen LogP contribution in [-0.2, 0) is 14.8 Å². The Balaban J connectivity index is 1.49. The third kappa shape index (κ3) is 7.12. The van der Waals surface area contributed by atoms with Crippen molar-refractivity contribution in [2.75, 3.05) is 16.6 Å². The van der Waals surface area contributed by atoms with Gasteiger partial charge in [-0.2, -0.15) is 0 Å². The fraction of sp³-hybridized carbons (Fsp3) is 0.208. The zero-order valence-corrected chi connectivity index (χ0v) is 20.5. The number of hydrogen-bond donors (Lipinski definition) is 2. The van der Waals surface area contributed by atoms with Crippen LogP contribution in [0.4, 0.5) is 11.4 Å². The molecule has 3 aromatic carbocycles. The van der Waals surface area contributed by atoms with Gasteiger partial charge in [0.1, 0.15) is 5.75 Å². The minimum atomic E-state index is -3.74. The molecule has 9 heteroatoms. The molecule has 174 valence electrons. The number of sulfonamides is 1. The average Bonchev–Trinajstić information content (AvgIpc) is 2.75. The first-order valence-electron chi connectivity index (χ1n) is 10.2. The second kappa shape index (κ2) is 10.9. The Bertz CT molecular complexity index is 1250. The van der Waals surface area contributed by atoms with Crippen molar-refractivity contribution >= 4 is 50.5 Å². The van der Waals surface area contributed by atoms with Crippen LogP contribution in [0.3, 0.4) is 0 Å². The van der Waals surface area contributed by atoms with E-state index in [2.05, 4.69) is 10.0 Å². The predicted octanol–water partition coefficient (Wildman–Crippen LogP) is 6.21. The molecule has 0 aliphatic rings. The summed E-state index contributed by atoms with van der Waals surface area (Å²) in [5.74, 6) is 0.303. The summed E-state index contributed by atoms with van der Waals surface area (Å²) in [4.78, 5) is 12.3. The van der Waals surface area contributed by atoms with Crippen molar-refractivity contribution in [3.05, 3.63) is 81.8 Å². The molecule has 0 unspecified atom stereocenters. The van der Waals surface area contributed by atoms with Crippen LogP contribution in [0.15, 0.2) is 65.6 Å². The van der Waals surface area contributed by atoms with Gasteiger partial charge in [0, 0.05) is 22.8 Å². The Morgan fingerprint density at radius 2 is 1.61 bits per heavy atom. The first kappa shape index (κ1) is 24.9. The number of carbonyl (C=O) groups excluding carboxylic acids is 1. The van der Waals surface area contributed by atoms with Gasteiger partial charge >= 0.3 is 0 Å². The number of aryl methyl sites for hydroxylation is 2. The lowest BCUT2D eigenvalue weighted by atomic mass is 10.1. The van der Waals surface area contributed by atoms with Gasteiger partial charge in [0.05, 0.1) is 16.5 Å². The van der Waals surface area contributed by atoms with Crippen molar-refractivity contribution in [3.8, 4) is 5.75 Å². The normalized spacial score (nSPS) is 11.2. The van der Waals surface area contributed by atoms with E-state index in [-0.39, 0.29) is 17.2 Å². The summed E-state index contributed by atoms with van der Waals surface area (Å²) < 4.78 is 33.4. The van der Waals surface area contributed by atoms with Gasteiger partial charge in [0.25, 0.3) is 10.0 Å². The van der Waals surface area contributed by atoms with Crippen LogP contribution >= 0.6 is 23.2 Å². The standard InChI is InChI=1S/C24H24Cl2N2O4S/c1-16-5-7-20(14-17(16)2)28-33(30,31)21-10-8-19(9-11-21)27-24(29)4-3-13-32-23-12-6-18(25)15-22(23)26/h5-12,14-15,28H,3-4,13H2,1-2H3,(H,27,29). The largest absolute Gasteiger partial charge is 0.492 e. The van der Waals surface area contributed by atoms with Gasteiger partial charge in [0.2, 0.25) is 5.91 Å². The lowest BCUT2D eigenvalue weighted by Crippen LogP contribution is -2.14. The van der Waals surface area contributed by atoms with Crippen molar-refractivity contribution < 1.29 is 17.9 Å². The van der Waals surface area contributed by atoms with Gasteiger partial charge in [-0.05, 0) is 86.0 Å². The van der Waals surface area contributed by atoms with Crippen LogP contribution in [-0.4, -0.2) is 20.9 Å². The Hall–Kier alpha value is -2.74. The first-order valence-corrected chi connectivity index (χ1v) is 12.5. The summed E-state index contributed by atoms with van der Waals surface area (Å²) in [6.45, 7) is 4.20. The van der Waals surface area contributed by atoms with Crippen LogP contribution in [0.2, 0.25) is 10.0 Å². The number of amides is 1. The van der Waals surface area contributed by atoms with Gasteiger partial charge in [0.15, 0.2) is 0 Å². The zero-order valence-electron chi connectivity index (χ0n) is 18.2. The van der Waals surface area contributed by atoms with Crippen molar-refractivity contribution in [2.24, 2.45) is 0 Å². The molecule has 0 aliphatic carbocycles. The highest BCUT2D eigenvalue weighted by Crippen LogP contribution is 2.27. The lowest BCUT2D eigenvalue weighted by molar-refractivity contribution is -0.116. The minimum Gasteiger partial charge on any atom is -0.492 e. The van der Waals surface area contributed by atoms with Crippen LogP contribution in [0.5, 0.6) is 5.75 Å². The third-order valence-corrected chi connectivity index (χ3v) is 6.83. The number of rotatable bonds is 9. The quantitative estimate of drug-likeness (QED) is 0.338. The lowest BCUT2D eigenvalue weighted by Gasteiger charge is -2.11. The number of benzene rings is 3. The van der Waals surface area contributed by atoms with Crippen molar-refractivity contribution in [1.82, 2.24) is 0 Å². The second-order valence-corrected chi connectivity index (χ2v) is 10.0.